The maximum Gasteiger partial charge on any atom is 0.134 e. The zero-order valence-corrected chi connectivity index (χ0v) is 8.30. The second-order valence-corrected chi connectivity index (χ2v) is 3.16. The largest absolute Gasteiger partial charge is 0.461 e. The van der Waals surface area contributed by atoms with Gasteiger partial charge in [-0.2, -0.15) is 0 Å². The topological polar surface area (TPSA) is 61.9 Å². The molecule has 1 aromatic heterocycles. The summed E-state index contributed by atoms with van der Waals surface area (Å²) in [6.45, 7) is 0.178. The Balaban J connectivity index is 2.24. The highest BCUT2D eigenvalue weighted by molar-refractivity contribution is 5.57. The van der Waals surface area contributed by atoms with Crippen LogP contribution in [-0.2, 0) is 6.54 Å². The second kappa shape index (κ2) is 4.51. The average molecular weight is 217 g/mol. The fourth-order valence-corrected chi connectivity index (χ4v) is 1.33. The van der Waals surface area contributed by atoms with Gasteiger partial charge in [-0.3, -0.25) is 0 Å². The maximum absolute atomic E-state index is 12.7. The molecular weight excluding hydrogens is 209 g/mol. The monoisotopic (exact) mass is 217 g/mol. The van der Waals surface area contributed by atoms with Crippen LogP contribution in [0.1, 0.15) is 5.76 Å². The number of benzene rings is 1. The van der Waals surface area contributed by atoms with Gasteiger partial charge in [-0.1, -0.05) is 5.11 Å². The summed E-state index contributed by atoms with van der Waals surface area (Å²) in [4.78, 5) is 2.64. The zero-order chi connectivity index (χ0) is 11.4. The molecule has 0 atom stereocenters. The lowest BCUT2D eigenvalue weighted by Gasteiger charge is -1.96. The molecule has 2 aromatic rings. The third-order valence-corrected chi connectivity index (χ3v) is 2.08. The van der Waals surface area contributed by atoms with Crippen LogP contribution in [0.15, 0.2) is 45.9 Å². The SMILES string of the molecule is [N-]=[N+]=NCc1ccc(-c2ccc(F)cc2)o1. The van der Waals surface area contributed by atoms with E-state index in [4.69, 9.17) is 9.95 Å². The molecule has 0 radical (unpaired) electrons. The third kappa shape index (κ3) is 2.21. The van der Waals surface area contributed by atoms with Crippen molar-refractivity contribution < 1.29 is 8.81 Å². The van der Waals surface area contributed by atoms with Crippen LogP contribution in [0.3, 0.4) is 0 Å². The minimum absolute atomic E-state index is 0.178. The Morgan fingerprint density at radius 2 is 1.94 bits per heavy atom. The molecule has 0 N–H and O–H groups in total. The predicted octanol–water partition coefficient (Wildman–Crippen LogP) is 3.90. The van der Waals surface area contributed by atoms with Gasteiger partial charge >= 0.3 is 0 Å². The minimum atomic E-state index is -0.287. The van der Waals surface area contributed by atoms with Crippen molar-refractivity contribution in [2.24, 2.45) is 5.11 Å². The molecule has 0 spiro atoms. The molecule has 0 saturated carbocycles. The van der Waals surface area contributed by atoms with Crippen LogP contribution in [0.5, 0.6) is 0 Å². The van der Waals surface area contributed by atoms with E-state index in [1.54, 1.807) is 24.3 Å². The molecule has 1 heterocycles. The summed E-state index contributed by atoms with van der Waals surface area (Å²) in [6.07, 6.45) is 0. The number of azide groups is 1. The Morgan fingerprint density at radius 1 is 1.19 bits per heavy atom. The zero-order valence-electron chi connectivity index (χ0n) is 8.30. The Morgan fingerprint density at radius 3 is 2.62 bits per heavy atom. The van der Waals surface area contributed by atoms with Crippen molar-refractivity contribution in [1.29, 1.82) is 0 Å². The molecule has 4 nitrogen and oxygen atoms in total. The smallest absolute Gasteiger partial charge is 0.134 e. The summed E-state index contributed by atoms with van der Waals surface area (Å²) >= 11 is 0. The first kappa shape index (κ1) is 10.3. The van der Waals surface area contributed by atoms with E-state index in [1.165, 1.54) is 12.1 Å². The fourth-order valence-electron chi connectivity index (χ4n) is 1.33. The summed E-state index contributed by atoms with van der Waals surface area (Å²) in [6, 6.07) is 9.48. The van der Waals surface area contributed by atoms with Crippen LogP contribution in [0.25, 0.3) is 21.8 Å². The first-order valence-electron chi connectivity index (χ1n) is 4.65. The molecule has 0 amide bonds. The molecule has 1 aromatic carbocycles. The minimum Gasteiger partial charge on any atom is -0.461 e. The van der Waals surface area contributed by atoms with Crippen molar-refractivity contribution >= 4 is 0 Å². The van der Waals surface area contributed by atoms with E-state index in [2.05, 4.69) is 10.0 Å². The quantitative estimate of drug-likeness (QED) is 0.437. The molecule has 0 aliphatic rings. The van der Waals surface area contributed by atoms with E-state index in [1.807, 2.05) is 0 Å². The van der Waals surface area contributed by atoms with Gasteiger partial charge < -0.3 is 4.42 Å². The molecular formula is C11H8FN3O. The maximum atomic E-state index is 12.7. The van der Waals surface area contributed by atoms with Gasteiger partial charge in [-0.15, -0.1) is 0 Å². The highest BCUT2D eigenvalue weighted by Gasteiger charge is 2.03. The van der Waals surface area contributed by atoms with Crippen molar-refractivity contribution in [1.82, 2.24) is 0 Å². The van der Waals surface area contributed by atoms with Crippen LogP contribution < -0.4 is 0 Å². The lowest BCUT2D eigenvalue weighted by Crippen LogP contribution is -1.76. The molecule has 0 bridgehead atoms. The molecule has 5 heteroatoms. The van der Waals surface area contributed by atoms with Gasteiger partial charge in [0.1, 0.15) is 17.3 Å². The number of halogens is 1. The summed E-state index contributed by atoms with van der Waals surface area (Å²) in [5, 5.41) is 3.39. The van der Waals surface area contributed by atoms with Crippen LogP contribution in [0.2, 0.25) is 0 Å². The molecule has 2 rings (SSSR count). The summed E-state index contributed by atoms with van der Waals surface area (Å²) in [5.41, 5.74) is 8.94. The number of furan rings is 1. The highest BCUT2D eigenvalue weighted by atomic mass is 19.1. The number of hydrogen-bond acceptors (Lipinski definition) is 2. The van der Waals surface area contributed by atoms with Gasteiger partial charge in [0.15, 0.2) is 0 Å². The first-order chi connectivity index (χ1) is 7.79. The van der Waals surface area contributed by atoms with Crippen LogP contribution in [0, 0.1) is 5.82 Å². The van der Waals surface area contributed by atoms with E-state index >= 15 is 0 Å². The van der Waals surface area contributed by atoms with Crippen molar-refractivity contribution in [3.63, 3.8) is 0 Å². The lowest BCUT2D eigenvalue weighted by molar-refractivity contribution is 0.525. The van der Waals surface area contributed by atoms with E-state index in [9.17, 15) is 4.39 Å². The Bertz CT molecular complexity index is 526. The van der Waals surface area contributed by atoms with Crippen LogP contribution in [0.4, 0.5) is 4.39 Å². The van der Waals surface area contributed by atoms with E-state index in [0.29, 0.717) is 11.5 Å². The molecule has 0 aliphatic carbocycles. The molecule has 80 valence electrons. The van der Waals surface area contributed by atoms with Crippen molar-refractivity contribution in [3.8, 4) is 11.3 Å². The van der Waals surface area contributed by atoms with E-state index in [0.717, 1.165) is 5.56 Å². The van der Waals surface area contributed by atoms with E-state index in [-0.39, 0.29) is 12.4 Å². The van der Waals surface area contributed by atoms with Crippen LogP contribution >= 0.6 is 0 Å². The molecule has 0 aliphatic heterocycles. The summed E-state index contributed by atoms with van der Waals surface area (Å²) in [7, 11) is 0. The standard InChI is InChI=1S/C11H8FN3O/c12-9-3-1-8(2-4-9)11-6-5-10(16-11)7-14-15-13/h1-6H,7H2. The van der Waals surface area contributed by atoms with Gasteiger partial charge in [0.25, 0.3) is 0 Å². The van der Waals surface area contributed by atoms with Gasteiger partial charge in [0.2, 0.25) is 0 Å². The predicted molar refractivity (Wildman–Crippen MR) is 57.0 cm³/mol. The lowest BCUT2D eigenvalue weighted by atomic mass is 10.2. The van der Waals surface area contributed by atoms with Crippen molar-refractivity contribution in [2.45, 2.75) is 6.54 Å². The first-order valence-corrected chi connectivity index (χ1v) is 4.65. The molecule has 0 fully saturated rings. The normalized spacial score (nSPS) is 9.81. The Labute approximate surface area is 90.9 Å². The van der Waals surface area contributed by atoms with Gasteiger partial charge in [-0.05, 0) is 41.9 Å². The van der Waals surface area contributed by atoms with Gasteiger partial charge in [-0.25, -0.2) is 4.39 Å². The highest BCUT2D eigenvalue weighted by Crippen LogP contribution is 2.22. The average Bonchev–Trinajstić information content (AvgIpc) is 2.76. The van der Waals surface area contributed by atoms with E-state index < -0.39 is 0 Å². The Kier molecular flexibility index (Phi) is 2.89. The summed E-state index contributed by atoms with van der Waals surface area (Å²) in [5.74, 6) is 0.921. The number of rotatable bonds is 3. The fraction of sp³-hybridized carbons (Fsp3) is 0.0909. The molecule has 16 heavy (non-hydrogen) atoms. The molecule has 0 saturated heterocycles. The van der Waals surface area contributed by atoms with Gasteiger partial charge in [0, 0.05) is 10.5 Å². The number of hydrogen-bond donors (Lipinski definition) is 0. The van der Waals surface area contributed by atoms with Gasteiger partial charge in [0.05, 0.1) is 6.54 Å². The number of nitrogens with zero attached hydrogens (tertiary/aromatic N) is 3. The molecule has 0 unspecified atom stereocenters. The summed E-state index contributed by atoms with van der Waals surface area (Å²) < 4.78 is 18.1. The second-order valence-electron chi connectivity index (χ2n) is 3.16. The Hall–Kier alpha value is -2.26. The van der Waals surface area contributed by atoms with Crippen LogP contribution in [-0.4, -0.2) is 0 Å². The van der Waals surface area contributed by atoms with Crippen molar-refractivity contribution in [3.05, 3.63) is 58.4 Å². The van der Waals surface area contributed by atoms with Crippen molar-refractivity contribution in [2.75, 3.05) is 0 Å². The third-order valence-electron chi connectivity index (χ3n) is 2.08.